The quantitative estimate of drug-likeness (QED) is 0.607. The average molecular weight is 378 g/mol. The number of benzene rings is 2. The summed E-state index contributed by atoms with van der Waals surface area (Å²) in [6.07, 6.45) is 1.54. The third kappa shape index (κ3) is 5.18. The number of anilines is 1. The lowest BCUT2D eigenvalue weighted by Gasteiger charge is -2.18. The minimum Gasteiger partial charge on any atom is -0.481 e. The molecular weight excluding hydrogens is 360 g/mol. The Labute approximate surface area is 161 Å². The van der Waals surface area contributed by atoms with Gasteiger partial charge in [-0.2, -0.15) is 0 Å². The van der Waals surface area contributed by atoms with Crippen molar-refractivity contribution < 1.29 is 14.7 Å². The van der Waals surface area contributed by atoms with Crippen LogP contribution in [0.15, 0.2) is 84.0 Å². The second-order valence-corrected chi connectivity index (χ2v) is 6.81. The Bertz CT molecular complexity index is 860. The summed E-state index contributed by atoms with van der Waals surface area (Å²) in [4.78, 5) is 27.8. The molecule has 0 aliphatic carbocycles. The topological polar surface area (TPSA) is 79.3 Å². The summed E-state index contributed by atoms with van der Waals surface area (Å²) in [6, 6.07) is 22.6. The van der Waals surface area contributed by atoms with Gasteiger partial charge in [-0.1, -0.05) is 72.4 Å². The van der Waals surface area contributed by atoms with E-state index in [1.165, 1.54) is 6.20 Å². The number of pyridine rings is 1. The van der Waals surface area contributed by atoms with Gasteiger partial charge in [0.05, 0.1) is 28.6 Å². The molecule has 2 aromatic carbocycles. The summed E-state index contributed by atoms with van der Waals surface area (Å²) in [6.45, 7) is 0. The number of carboxylic acid groups (broad SMARTS) is 1. The van der Waals surface area contributed by atoms with Gasteiger partial charge in [0.25, 0.3) is 0 Å². The highest BCUT2D eigenvalue weighted by Gasteiger charge is 2.22. The third-order valence-electron chi connectivity index (χ3n) is 3.88. The third-order valence-corrected chi connectivity index (χ3v) is 4.80. The summed E-state index contributed by atoms with van der Waals surface area (Å²) in [5, 5.41) is 12.2. The summed E-state index contributed by atoms with van der Waals surface area (Å²) in [7, 11) is 0. The van der Waals surface area contributed by atoms with Gasteiger partial charge >= 0.3 is 5.97 Å². The maximum absolute atomic E-state index is 13.0. The lowest BCUT2D eigenvalue weighted by molar-refractivity contribution is -0.133. The normalized spacial score (nSPS) is 10.6. The Hall–Kier alpha value is -3.12. The van der Waals surface area contributed by atoms with Crippen molar-refractivity contribution >= 4 is 29.3 Å². The number of rotatable bonds is 7. The zero-order chi connectivity index (χ0) is 19.1. The highest BCUT2D eigenvalue weighted by Crippen LogP contribution is 2.26. The number of hydrogen-bond acceptors (Lipinski definition) is 4. The van der Waals surface area contributed by atoms with Crippen LogP contribution in [0.5, 0.6) is 0 Å². The summed E-state index contributed by atoms with van der Waals surface area (Å²) in [5.74, 6) is -1.54. The van der Waals surface area contributed by atoms with E-state index in [0.717, 1.165) is 22.9 Å². The maximum Gasteiger partial charge on any atom is 0.313 e. The Kier molecular flexibility index (Phi) is 6.22. The molecule has 2 N–H and O–H groups in total. The number of carbonyl (C=O) groups is 2. The standard InChI is InChI=1S/C21H18N2O3S/c24-19(25)14-27-18-12-11-17(13-22-18)23-21(26)20(15-7-3-1-4-8-15)16-9-5-2-6-10-16/h1-13,20H,14H2,(H,23,26)(H,24,25). The fourth-order valence-corrected chi connectivity index (χ4v) is 3.24. The van der Waals surface area contributed by atoms with Gasteiger partial charge in [-0.3, -0.25) is 9.59 Å². The fourth-order valence-electron chi connectivity index (χ4n) is 2.68. The van der Waals surface area contributed by atoms with Crippen molar-refractivity contribution in [2.45, 2.75) is 10.9 Å². The SMILES string of the molecule is O=C(O)CSc1ccc(NC(=O)C(c2ccccc2)c2ccccc2)cn1. The van der Waals surface area contributed by atoms with Crippen molar-refractivity contribution in [1.82, 2.24) is 4.98 Å². The summed E-state index contributed by atoms with van der Waals surface area (Å²) >= 11 is 1.13. The first kappa shape index (κ1) is 18.7. The monoisotopic (exact) mass is 378 g/mol. The van der Waals surface area contributed by atoms with E-state index < -0.39 is 11.9 Å². The van der Waals surface area contributed by atoms with Crippen LogP contribution < -0.4 is 5.32 Å². The Morgan fingerprint density at radius 1 is 0.926 bits per heavy atom. The zero-order valence-electron chi connectivity index (χ0n) is 14.4. The van der Waals surface area contributed by atoms with E-state index in [1.54, 1.807) is 12.1 Å². The van der Waals surface area contributed by atoms with E-state index in [1.807, 2.05) is 60.7 Å². The van der Waals surface area contributed by atoms with Crippen molar-refractivity contribution in [3.8, 4) is 0 Å². The van der Waals surface area contributed by atoms with Crippen LogP contribution in [-0.2, 0) is 9.59 Å². The van der Waals surface area contributed by atoms with Crippen LogP contribution >= 0.6 is 11.8 Å². The molecule has 136 valence electrons. The molecule has 0 atom stereocenters. The lowest BCUT2D eigenvalue weighted by atomic mass is 9.90. The van der Waals surface area contributed by atoms with Gasteiger partial charge in [0, 0.05) is 0 Å². The minimum atomic E-state index is -0.896. The second-order valence-electron chi connectivity index (χ2n) is 5.81. The first-order valence-corrected chi connectivity index (χ1v) is 9.33. The van der Waals surface area contributed by atoms with E-state index >= 15 is 0 Å². The van der Waals surface area contributed by atoms with Crippen LogP contribution in [0.1, 0.15) is 17.0 Å². The molecule has 0 radical (unpaired) electrons. The van der Waals surface area contributed by atoms with E-state index in [9.17, 15) is 9.59 Å². The number of carbonyl (C=O) groups excluding carboxylic acids is 1. The van der Waals surface area contributed by atoms with Gasteiger partial charge in [-0.15, -0.1) is 0 Å². The molecule has 5 nitrogen and oxygen atoms in total. The van der Waals surface area contributed by atoms with E-state index in [4.69, 9.17) is 5.11 Å². The van der Waals surface area contributed by atoms with Crippen LogP contribution in [0.4, 0.5) is 5.69 Å². The van der Waals surface area contributed by atoms with Crippen molar-refractivity contribution in [2.24, 2.45) is 0 Å². The van der Waals surface area contributed by atoms with E-state index in [2.05, 4.69) is 10.3 Å². The molecule has 3 rings (SSSR count). The fraction of sp³-hybridized carbons (Fsp3) is 0.0952. The van der Waals surface area contributed by atoms with E-state index in [0.29, 0.717) is 10.7 Å². The molecule has 0 unspecified atom stereocenters. The number of nitrogens with zero attached hydrogens (tertiary/aromatic N) is 1. The Morgan fingerprint density at radius 2 is 1.52 bits per heavy atom. The number of thioether (sulfide) groups is 1. The number of aliphatic carboxylic acids is 1. The first-order chi connectivity index (χ1) is 13.1. The molecule has 0 aliphatic heterocycles. The van der Waals surface area contributed by atoms with Crippen LogP contribution in [0.25, 0.3) is 0 Å². The predicted molar refractivity (Wildman–Crippen MR) is 106 cm³/mol. The number of amides is 1. The van der Waals surface area contributed by atoms with Crippen molar-refractivity contribution in [3.05, 3.63) is 90.1 Å². The summed E-state index contributed by atoms with van der Waals surface area (Å²) in [5.41, 5.74) is 2.38. The van der Waals surface area contributed by atoms with Crippen molar-refractivity contribution in [1.29, 1.82) is 0 Å². The van der Waals surface area contributed by atoms with Crippen molar-refractivity contribution in [3.63, 3.8) is 0 Å². The van der Waals surface area contributed by atoms with Gasteiger partial charge in [0.2, 0.25) is 5.91 Å². The first-order valence-electron chi connectivity index (χ1n) is 8.35. The number of hydrogen-bond donors (Lipinski definition) is 2. The molecule has 1 aromatic heterocycles. The molecule has 1 heterocycles. The molecule has 0 fully saturated rings. The molecule has 1 amide bonds. The summed E-state index contributed by atoms with van der Waals surface area (Å²) < 4.78 is 0. The van der Waals surface area contributed by atoms with Crippen LogP contribution in [0.2, 0.25) is 0 Å². The molecule has 3 aromatic rings. The van der Waals surface area contributed by atoms with Crippen LogP contribution in [-0.4, -0.2) is 27.7 Å². The number of aromatic nitrogens is 1. The minimum absolute atomic E-state index is 0.0528. The highest BCUT2D eigenvalue weighted by molar-refractivity contribution is 7.99. The van der Waals surface area contributed by atoms with Crippen LogP contribution in [0, 0.1) is 0 Å². The molecule has 0 aliphatic rings. The van der Waals surface area contributed by atoms with Crippen molar-refractivity contribution in [2.75, 3.05) is 11.1 Å². The molecule has 6 heteroatoms. The van der Waals surface area contributed by atoms with Gasteiger partial charge < -0.3 is 10.4 Å². The molecule has 0 saturated heterocycles. The average Bonchev–Trinajstić information content (AvgIpc) is 2.69. The Balaban J connectivity index is 1.78. The number of carboxylic acids is 1. The van der Waals surface area contributed by atoms with Gasteiger partial charge in [0.1, 0.15) is 0 Å². The van der Waals surface area contributed by atoms with Gasteiger partial charge in [-0.25, -0.2) is 4.98 Å². The molecule has 0 bridgehead atoms. The Morgan fingerprint density at radius 3 is 2.00 bits per heavy atom. The lowest BCUT2D eigenvalue weighted by Crippen LogP contribution is -2.22. The molecule has 27 heavy (non-hydrogen) atoms. The number of nitrogens with one attached hydrogen (secondary N) is 1. The predicted octanol–water partition coefficient (Wildman–Crippen LogP) is 4.03. The zero-order valence-corrected chi connectivity index (χ0v) is 15.2. The molecular formula is C21H18N2O3S. The largest absolute Gasteiger partial charge is 0.481 e. The highest BCUT2D eigenvalue weighted by atomic mass is 32.2. The maximum atomic E-state index is 13.0. The van der Waals surface area contributed by atoms with E-state index in [-0.39, 0.29) is 11.7 Å². The van der Waals surface area contributed by atoms with Gasteiger partial charge in [-0.05, 0) is 23.3 Å². The van der Waals surface area contributed by atoms with Crippen LogP contribution in [0.3, 0.4) is 0 Å². The smallest absolute Gasteiger partial charge is 0.313 e. The molecule has 0 saturated carbocycles. The molecule has 0 spiro atoms. The second kappa shape index (κ2) is 9.00. The van der Waals surface area contributed by atoms with Gasteiger partial charge in [0.15, 0.2) is 0 Å².